The third kappa shape index (κ3) is 9.23. The highest BCUT2D eigenvalue weighted by atomic mass is 16.5. The second-order valence-corrected chi connectivity index (χ2v) is 16.7. The van der Waals surface area contributed by atoms with E-state index in [9.17, 15) is 19.2 Å². The van der Waals surface area contributed by atoms with Crippen LogP contribution in [0.2, 0.25) is 0 Å². The number of amides is 4. The molecule has 7 aromatic rings. The van der Waals surface area contributed by atoms with Crippen LogP contribution in [0.1, 0.15) is 86.0 Å². The molecule has 5 aromatic carbocycles. The molecule has 2 saturated heterocycles. The smallest absolute Gasteiger partial charge is 0.407 e. The van der Waals surface area contributed by atoms with Crippen LogP contribution in [-0.2, 0) is 19.1 Å². The Hall–Kier alpha value is -7.80. The van der Waals surface area contributed by atoms with Gasteiger partial charge in [0, 0.05) is 19.5 Å². The molecule has 66 heavy (non-hydrogen) atoms. The fraction of sp³-hybridized carbons (Fsp3) is 0.245. The number of methoxy groups -OCH3 is 1. The highest BCUT2D eigenvalue weighted by Crippen LogP contribution is 2.36. The molecule has 2 aromatic heterocycles. The monoisotopic (exact) mass is 880 g/mol. The summed E-state index contributed by atoms with van der Waals surface area (Å²) in [6.07, 6.45) is 6.48. The number of imidazole rings is 2. The van der Waals surface area contributed by atoms with E-state index in [1.165, 1.54) is 7.11 Å². The lowest BCUT2D eigenvalue weighted by molar-refractivity contribution is -0.137. The van der Waals surface area contributed by atoms with E-state index in [0.717, 1.165) is 81.8 Å². The van der Waals surface area contributed by atoms with Gasteiger partial charge in [-0.3, -0.25) is 14.4 Å². The Morgan fingerprint density at radius 3 is 1.33 bits per heavy atom. The fourth-order valence-electron chi connectivity index (χ4n) is 9.11. The summed E-state index contributed by atoms with van der Waals surface area (Å²) in [5, 5.41) is 5.66. The van der Waals surface area contributed by atoms with Crippen molar-refractivity contribution in [3.63, 3.8) is 0 Å². The first-order valence-corrected chi connectivity index (χ1v) is 22.5. The fourth-order valence-corrected chi connectivity index (χ4v) is 9.11. The van der Waals surface area contributed by atoms with Gasteiger partial charge >= 0.3 is 6.09 Å². The molecule has 2 aliphatic rings. The minimum atomic E-state index is -0.878. The summed E-state index contributed by atoms with van der Waals surface area (Å²) < 4.78 is 4.84. The van der Waals surface area contributed by atoms with Gasteiger partial charge in [0.05, 0.1) is 43.0 Å². The Bertz CT molecular complexity index is 2600. The maximum Gasteiger partial charge on any atom is 0.407 e. The molecule has 0 bridgehead atoms. The molecule has 2 fully saturated rings. The van der Waals surface area contributed by atoms with Gasteiger partial charge in [-0.15, -0.1) is 0 Å². The molecular weight excluding hydrogens is 829 g/mol. The number of benzene rings is 5. The molecule has 4 atom stereocenters. The molecule has 13 heteroatoms. The number of ether oxygens (including phenoxy) is 1. The topological polar surface area (TPSA) is 165 Å². The average molecular weight is 881 g/mol. The normalized spacial score (nSPS) is 16.7. The van der Waals surface area contributed by atoms with Gasteiger partial charge in [0.15, 0.2) is 0 Å². The van der Waals surface area contributed by atoms with Gasteiger partial charge in [-0.1, -0.05) is 140 Å². The predicted molar refractivity (Wildman–Crippen MR) is 252 cm³/mol. The first-order chi connectivity index (χ1) is 32.3. The van der Waals surface area contributed by atoms with Crippen LogP contribution in [0, 0.1) is 0 Å². The zero-order chi connectivity index (χ0) is 45.6. The number of aromatic amines is 2. The summed E-state index contributed by atoms with van der Waals surface area (Å²) in [6.45, 7) is 2.94. The lowest BCUT2D eigenvalue weighted by atomic mass is 9.98. The highest BCUT2D eigenvalue weighted by Gasteiger charge is 2.38. The van der Waals surface area contributed by atoms with E-state index in [-0.39, 0.29) is 29.8 Å². The van der Waals surface area contributed by atoms with E-state index in [4.69, 9.17) is 14.7 Å². The number of nitrogens with zero attached hydrogens (tertiary/aromatic N) is 4. The summed E-state index contributed by atoms with van der Waals surface area (Å²) >= 11 is 0. The average Bonchev–Trinajstić information content (AvgIpc) is 4.23. The number of alkyl carbamates (subject to hydrolysis) is 1. The maximum absolute atomic E-state index is 14.0. The van der Waals surface area contributed by atoms with Crippen molar-refractivity contribution in [2.24, 2.45) is 0 Å². The van der Waals surface area contributed by atoms with Gasteiger partial charge in [0.1, 0.15) is 23.7 Å². The molecule has 0 radical (unpaired) electrons. The zero-order valence-electron chi connectivity index (χ0n) is 36.9. The third-order valence-corrected chi connectivity index (χ3v) is 12.7. The van der Waals surface area contributed by atoms with E-state index >= 15 is 0 Å². The number of rotatable bonds is 13. The van der Waals surface area contributed by atoms with Crippen molar-refractivity contribution in [3.05, 3.63) is 169 Å². The van der Waals surface area contributed by atoms with Crippen molar-refractivity contribution in [3.8, 4) is 44.8 Å². The summed E-state index contributed by atoms with van der Waals surface area (Å²) in [6, 6.07) is 41.7. The van der Waals surface area contributed by atoms with Gasteiger partial charge in [-0.25, -0.2) is 14.8 Å². The Morgan fingerprint density at radius 2 is 0.955 bits per heavy atom. The molecule has 0 saturated carbocycles. The number of hydrogen-bond acceptors (Lipinski definition) is 7. The second-order valence-electron chi connectivity index (χ2n) is 16.7. The van der Waals surface area contributed by atoms with E-state index in [2.05, 4.69) is 93.4 Å². The highest BCUT2D eigenvalue weighted by molar-refractivity contribution is 5.89. The molecule has 4 heterocycles. The molecular formula is C53H52N8O5. The molecule has 0 aliphatic carbocycles. The van der Waals surface area contributed by atoms with Gasteiger partial charge < -0.3 is 35.1 Å². The molecule has 4 amide bonds. The quantitative estimate of drug-likeness (QED) is 0.0896. The summed E-state index contributed by atoms with van der Waals surface area (Å²) in [5.41, 5.74) is 9.49. The lowest BCUT2D eigenvalue weighted by Crippen LogP contribution is -2.42. The maximum atomic E-state index is 14.0. The van der Waals surface area contributed by atoms with Crippen molar-refractivity contribution in [2.45, 2.75) is 63.2 Å². The van der Waals surface area contributed by atoms with Crippen molar-refractivity contribution in [2.75, 3.05) is 20.2 Å². The number of carbonyl (C=O) groups excluding carboxylic acids is 4. The van der Waals surface area contributed by atoms with Gasteiger partial charge in [0.25, 0.3) is 5.91 Å². The van der Waals surface area contributed by atoms with Crippen LogP contribution >= 0.6 is 0 Å². The number of aromatic nitrogens is 4. The van der Waals surface area contributed by atoms with E-state index in [1.807, 2.05) is 78.0 Å². The summed E-state index contributed by atoms with van der Waals surface area (Å²) in [5.74, 6) is 0.938. The standard InChI is InChI=1S/C53H52N8O5/c1-3-46(62)58-47(40-12-6-4-7-13-40)51(63)60-30-10-16-44(60)49-54-32-42(56-49)38-26-22-36(23-27-38)34-18-20-35(21-19-34)37-24-28-39(29-25-37)43-33-55-50(57-43)45-17-11-31-61(45)52(64)48(59-53(65)66-2)41-14-8-5-9-15-41/h4-9,12-15,18-29,32-33,44-45,47-48H,3,10-11,16-17,30-31H2,1-2H3,(H,54,56)(H,55,57)(H,58,62)(H,59,65)/t44-,45-,47+,48+/m0/s1. The third-order valence-electron chi connectivity index (χ3n) is 12.7. The van der Waals surface area contributed by atoms with E-state index in [1.54, 1.807) is 11.8 Å². The number of likely N-dealkylation sites (tertiary alicyclic amines) is 2. The molecule has 9 rings (SSSR count). The number of hydrogen-bond donors (Lipinski definition) is 4. The largest absolute Gasteiger partial charge is 0.453 e. The summed E-state index contributed by atoms with van der Waals surface area (Å²) in [7, 11) is 1.28. The molecule has 0 spiro atoms. The number of H-pyrrole nitrogens is 2. The minimum Gasteiger partial charge on any atom is -0.453 e. The van der Waals surface area contributed by atoms with Crippen molar-refractivity contribution < 1.29 is 23.9 Å². The molecule has 13 nitrogen and oxygen atoms in total. The van der Waals surface area contributed by atoms with Crippen LogP contribution < -0.4 is 10.6 Å². The first-order valence-electron chi connectivity index (χ1n) is 22.5. The van der Waals surface area contributed by atoms with Gasteiger partial charge in [0.2, 0.25) is 11.8 Å². The van der Waals surface area contributed by atoms with E-state index < -0.39 is 18.2 Å². The lowest BCUT2D eigenvalue weighted by Gasteiger charge is -2.28. The molecule has 334 valence electrons. The van der Waals surface area contributed by atoms with E-state index in [0.29, 0.717) is 30.9 Å². The Kier molecular flexibility index (Phi) is 12.9. The Morgan fingerprint density at radius 1 is 0.576 bits per heavy atom. The SMILES string of the molecule is CCC(=O)N[C@@H](C(=O)N1CCC[C@H]1c1ncc(-c2ccc(-c3ccc(-c4ccc(-c5cnc([C@@H]6CCCN6C(=O)[C@H](NC(=O)OC)c6ccccc6)[nH]5)cc4)cc3)cc2)[nH]1)c1ccccc1. The van der Waals surface area contributed by atoms with Crippen LogP contribution in [0.15, 0.2) is 146 Å². The molecule has 2 aliphatic heterocycles. The van der Waals surface area contributed by atoms with Gasteiger partial charge in [-0.2, -0.15) is 0 Å². The van der Waals surface area contributed by atoms with Crippen LogP contribution in [0.25, 0.3) is 44.8 Å². The van der Waals surface area contributed by atoms with Crippen LogP contribution in [-0.4, -0.2) is 73.7 Å². The Labute approximate surface area is 383 Å². The van der Waals surface area contributed by atoms with Crippen molar-refractivity contribution >= 4 is 23.8 Å². The van der Waals surface area contributed by atoms with Crippen LogP contribution in [0.3, 0.4) is 0 Å². The minimum absolute atomic E-state index is 0.130. The zero-order valence-corrected chi connectivity index (χ0v) is 36.9. The van der Waals surface area contributed by atoms with Crippen LogP contribution in [0.4, 0.5) is 4.79 Å². The second kappa shape index (κ2) is 19.5. The number of carbonyl (C=O) groups is 4. The van der Waals surface area contributed by atoms with Crippen molar-refractivity contribution in [1.29, 1.82) is 0 Å². The molecule has 4 N–H and O–H groups in total. The Balaban J connectivity index is 0.835. The van der Waals surface area contributed by atoms with Crippen LogP contribution in [0.5, 0.6) is 0 Å². The van der Waals surface area contributed by atoms with Gasteiger partial charge in [-0.05, 0) is 70.2 Å². The first kappa shape index (κ1) is 43.5. The number of nitrogens with one attached hydrogen (secondary N) is 4. The van der Waals surface area contributed by atoms with Crippen molar-refractivity contribution in [1.82, 2.24) is 40.4 Å². The predicted octanol–water partition coefficient (Wildman–Crippen LogP) is 9.49. The molecule has 0 unspecified atom stereocenters. The summed E-state index contributed by atoms with van der Waals surface area (Å²) in [4.78, 5) is 72.7.